The first-order valence-electron chi connectivity index (χ1n) is 3.85. The molecule has 0 spiro atoms. The summed E-state index contributed by atoms with van der Waals surface area (Å²) in [5.74, 6) is 0.132. The van der Waals surface area contributed by atoms with E-state index in [0.29, 0.717) is 0 Å². The van der Waals surface area contributed by atoms with E-state index in [1.165, 1.54) is 0 Å². The van der Waals surface area contributed by atoms with E-state index in [4.69, 9.17) is 5.11 Å². The molecular formula is C8H16O2S. The number of hydrogen-bond donors (Lipinski definition) is 2. The third kappa shape index (κ3) is 4.30. The lowest BCUT2D eigenvalue weighted by Crippen LogP contribution is -2.23. The number of carbonyl (C=O) groups is 1. The van der Waals surface area contributed by atoms with Crippen LogP contribution in [0.15, 0.2) is 0 Å². The average molecular weight is 176 g/mol. The highest BCUT2D eigenvalue weighted by molar-refractivity contribution is 7.80. The minimum Gasteiger partial charge on any atom is -0.481 e. The summed E-state index contributed by atoms with van der Waals surface area (Å²) >= 11 is 4.05. The summed E-state index contributed by atoms with van der Waals surface area (Å²) in [5, 5.41) is 8.72. The highest BCUT2D eigenvalue weighted by Gasteiger charge is 2.25. The van der Waals surface area contributed by atoms with Gasteiger partial charge >= 0.3 is 5.97 Å². The zero-order valence-corrected chi connectivity index (χ0v) is 8.03. The molecule has 0 atom stereocenters. The SMILES string of the molecule is CC(C)(CCCCS)C(=O)O. The highest BCUT2D eigenvalue weighted by atomic mass is 32.1. The number of carboxylic acid groups (broad SMARTS) is 1. The highest BCUT2D eigenvalue weighted by Crippen LogP contribution is 2.23. The van der Waals surface area contributed by atoms with E-state index >= 15 is 0 Å². The Morgan fingerprint density at radius 2 is 2.00 bits per heavy atom. The van der Waals surface area contributed by atoms with Crippen LogP contribution < -0.4 is 0 Å². The van der Waals surface area contributed by atoms with Crippen molar-refractivity contribution in [2.75, 3.05) is 5.75 Å². The lowest BCUT2D eigenvalue weighted by atomic mass is 9.88. The number of carboxylic acids is 1. The van der Waals surface area contributed by atoms with Crippen molar-refractivity contribution < 1.29 is 9.90 Å². The van der Waals surface area contributed by atoms with Gasteiger partial charge in [-0.2, -0.15) is 12.6 Å². The minimum absolute atomic E-state index is 0.567. The first kappa shape index (κ1) is 10.8. The van der Waals surface area contributed by atoms with Gasteiger partial charge in [-0.1, -0.05) is 6.42 Å². The van der Waals surface area contributed by atoms with Crippen LogP contribution >= 0.6 is 12.6 Å². The van der Waals surface area contributed by atoms with E-state index in [2.05, 4.69) is 12.6 Å². The fraction of sp³-hybridized carbons (Fsp3) is 0.875. The van der Waals surface area contributed by atoms with Crippen molar-refractivity contribution in [2.45, 2.75) is 33.1 Å². The van der Waals surface area contributed by atoms with Crippen molar-refractivity contribution in [1.82, 2.24) is 0 Å². The Labute approximate surface area is 73.4 Å². The normalized spacial score (nSPS) is 11.5. The van der Waals surface area contributed by atoms with Crippen LogP contribution in [0.3, 0.4) is 0 Å². The van der Waals surface area contributed by atoms with Crippen LogP contribution in [0.2, 0.25) is 0 Å². The Balaban J connectivity index is 3.64. The second-order valence-electron chi connectivity index (χ2n) is 3.37. The van der Waals surface area contributed by atoms with Gasteiger partial charge in [-0.15, -0.1) is 0 Å². The summed E-state index contributed by atoms with van der Waals surface area (Å²) in [6, 6.07) is 0. The Morgan fingerprint density at radius 1 is 1.45 bits per heavy atom. The molecule has 0 saturated carbocycles. The van der Waals surface area contributed by atoms with Crippen molar-refractivity contribution in [3.8, 4) is 0 Å². The number of thiol groups is 1. The summed E-state index contributed by atoms with van der Waals surface area (Å²) in [7, 11) is 0. The van der Waals surface area contributed by atoms with Gasteiger partial charge in [0.25, 0.3) is 0 Å². The average Bonchev–Trinajstić information content (AvgIpc) is 1.88. The van der Waals surface area contributed by atoms with Crippen LogP contribution in [-0.2, 0) is 4.79 Å². The fourth-order valence-corrected chi connectivity index (χ4v) is 1.01. The molecule has 0 heterocycles. The molecule has 0 rings (SSSR count). The van der Waals surface area contributed by atoms with Gasteiger partial charge in [0.2, 0.25) is 0 Å². The van der Waals surface area contributed by atoms with E-state index in [-0.39, 0.29) is 0 Å². The largest absolute Gasteiger partial charge is 0.481 e. The first-order chi connectivity index (χ1) is 5.00. The Bertz CT molecular complexity index is 132. The smallest absolute Gasteiger partial charge is 0.309 e. The van der Waals surface area contributed by atoms with Gasteiger partial charge in [-0.05, 0) is 32.4 Å². The molecule has 66 valence electrons. The minimum atomic E-state index is -0.711. The second kappa shape index (κ2) is 4.65. The topological polar surface area (TPSA) is 37.3 Å². The molecule has 0 saturated heterocycles. The molecule has 11 heavy (non-hydrogen) atoms. The van der Waals surface area contributed by atoms with Gasteiger partial charge in [0.05, 0.1) is 5.41 Å². The summed E-state index contributed by atoms with van der Waals surface area (Å²) in [4.78, 5) is 10.6. The molecule has 0 aromatic heterocycles. The van der Waals surface area contributed by atoms with Gasteiger partial charge < -0.3 is 5.11 Å². The maximum absolute atomic E-state index is 10.6. The third-order valence-electron chi connectivity index (χ3n) is 1.79. The fourth-order valence-electron chi connectivity index (χ4n) is 0.786. The van der Waals surface area contributed by atoms with Crippen molar-refractivity contribution in [1.29, 1.82) is 0 Å². The van der Waals surface area contributed by atoms with Crippen LogP contribution in [0.4, 0.5) is 0 Å². The number of unbranched alkanes of at least 4 members (excludes halogenated alkanes) is 1. The number of rotatable bonds is 5. The molecule has 0 radical (unpaired) electrons. The van der Waals surface area contributed by atoms with Crippen LogP contribution in [0.25, 0.3) is 0 Å². The predicted molar refractivity (Wildman–Crippen MR) is 49.1 cm³/mol. The van der Waals surface area contributed by atoms with E-state index in [0.717, 1.165) is 25.0 Å². The summed E-state index contributed by atoms with van der Waals surface area (Å²) in [6.07, 6.45) is 2.69. The lowest BCUT2D eigenvalue weighted by molar-refractivity contribution is -0.147. The molecule has 3 heteroatoms. The number of hydrogen-bond acceptors (Lipinski definition) is 2. The summed E-state index contributed by atoms with van der Waals surface area (Å²) in [6.45, 7) is 3.52. The molecule has 0 bridgehead atoms. The predicted octanol–water partition coefficient (Wildman–Crippen LogP) is 2.20. The van der Waals surface area contributed by atoms with E-state index in [1.54, 1.807) is 13.8 Å². The van der Waals surface area contributed by atoms with Crippen molar-refractivity contribution in [3.05, 3.63) is 0 Å². The quantitative estimate of drug-likeness (QED) is 0.498. The molecule has 0 fully saturated rings. The monoisotopic (exact) mass is 176 g/mol. The summed E-state index contributed by atoms with van der Waals surface area (Å²) in [5.41, 5.74) is -0.567. The summed E-state index contributed by atoms with van der Waals surface area (Å²) < 4.78 is 0. The van der Waals surface area contributed by atoms with Crippen molar-refractivity contribution in [3.63, 3.8) is 0 Å². The number of aliphatic carboxylic acids is 1. The van der Waals surface area contributed by atoms with Crippen molar-refractivity contribution in [2.24, 2.45) is 5.41 Å². The van der Waals surface area contributed by atoms with Gasteiger partial charge in [0.1, 0.15) is 0 Å². The molecule has 2 nitrogen and oxygen atoms in total. The molecule has 0 aliphatic rings. The van der Waals surface area contributed by atoms with Crippen LogP contribution in [0.5, 0.6) is 0 Å². The molecular weight excluding hydrogens is 160 g/mol. The van der Waals surface area contributed by atoms with Crippen LogP contribution in [0, 0.1) is 5.41 Å². The standard InChI is InChI=1S/C8H16O2S/c1-8(2,7(9)10)5-3-4-6-11/h11H,3-6H2,1-2H3,(H,9,10). The van der Waals surface area contributed by atoms with Gasteiger partial charge in [-0.25, -0.2) is 0 Å². The zero-order valence-electron chi connectivity index (χ0n) is 7.13. The molecule has 0 unspecified atom stereocenters. The zero-order chi connectivity index (χ0) is 8.91. The van der Waals surface area contributed by atoms with E-state index in [1.807, 2.05) is 0 Å². The molecule has 0 aromatic rings. The van der Waals surface area contributed by atoms with Crippen LogP contribution in [-0.4, -0.2) is 16.8 Å². The third-order valence-corrected chi connectivity index (χ3v) is 2.11. The van der Waals surface area contributed by atoms with Crippen molar-refractivity contribution >= 4 is 18.6 Å². The molecule has 0 aliphatic carbocycles. The first-order valence-corrected chi connectivity index (χ1v) is 4.48. The lowest BCUT2D eigenvalue weighted by Gasteiger charge is -2.17. The van der Waals surface area contributed by atoms with E-state index in [9.17, 15) is 4.79 Å². The second-order valence-corrected chi connectivity index (χ2v) is 3.82. The molecule has 1 N–H and O–H groups in total. The Morgan fingerprint density at radius 3 is 2.36 bits per heavy atom. The maximum Gasteiger partial charge on any atom is 0.309 e. The van der Waals surface area contributed by atoms with Crippen LogP contribution in [0.1, 0.15) is 33.1 Å². The van der Waals surface area contributed by atoms with Gasteiger partial charge in [0.15, 0.2) is 0 Å². The maximum atomic E-state index is 10.6. The van der Waals surface area contributed by atoms with E-state index < -0.39 is 11.4 Å². The van der Waals surface area contributed by atoms with Gasteiger partial charge in [0, 0.05) is 0 Å². The molecule has 0 aromatic carbocycles. The molecule has 0 amide bonds. The molecule has 0 aliphatic heterocycles. The van der Waals surface area contributed by atoms with Gasteiger partial charge in [-0.3, -0.25) is 4.79 Å². The Kier molecular flexibility index (Phi) is 4.57. The Hall–Kier alpha value is -0.180.